The van der Waals surface area contributed by atoms with E-state index in [1.165, 1.54) is 0 Å². The smallest absolute Gasteiger partial charge is 0.325 e. The number of hydrogen-bond donors (Lipinski definition) is 1. The van der Waals surface area contributed by atoms with Crippen molar-refractivity contribution in [3.8, 4) is 0 Å². The van der Waals surface area contributed by atoms with Crippen LogP contribution < -0.4 is 5.32 Å². The van der Waals surface area contributed by atoms with Crippen LogP contribution in [0.4, 0.5) is 31.1 Å². The van der Waals surface area contributed by atoms with E-state index in [0.717, 1.165) is 13.8 Å². The SMILES string of the molecule is CC(C)(CN1C(=O)N[C@@H](CC(F)(F)F)C1=O)C(F)(F)F. The Kier molecular flexibility index (Phi) is 3.99. The second-order valence-corrected chi connectivity index (χ2v) is 5.13. The van der Waals surface area contributed by atoms with E-state index in [1.807, 2.05) is 0 Å². The first-order valence-electron chi connectivity index (χ1n) is 5.50. The van der Waals surface area contributed by atoms with Crippen molar-refractivity contribution in [1.82, 2.24) is 10.2 Å². The van der Waals surface area contributed by atoms with Gasteiger partial charge in [-0.15, -0.1) is 0 Å². The lowest BCUT2D eigenvalue weighted by Gasteiger charge is -2.30. The minimum absolute atomic E-state index is 0.171. The molecule has 0 unspecified atom stereocenters. The van der Waals surface area contributed by atoms with Gasteiger partial charge < -0.3 is 5.32 Å². The summed E-state index contributed by atoms with van der Waals surface area (Å²) in [5.41, 5.74) is -2.41. The molecule has 0 spiro atoms. The molecule has 1 N–H and O–H groups in total. The zero-order valence-corrected chi connectivity index (χ0v) is 10.5. The summed E-state index contributed by atoms with van der Waals surface area (Å²) in [4.78, 5) is 23.1. The predicted molar refractivity (Wildman–Crippen MR) is 54.5 cm³/mol. The normalized spacial score (nSPS) is 21.4. The van der Waals surface area contributed by atoms with Gasteiger partial charge in [0.05, 0.1) is 11.8 Å². The summed E-state index contributed by atoms with van der Waals surface area (Å²) in [6, 6.07) is -3.12. The Bertz CT molecular complexity index is 415. The molecular weight excluding hydrogens is 294 g/mol. The summed E-state index contributed by atoms with van der Waals surface area (Å²) < 4.78 is 74.5. The monoisotopic (exact) mass is 306 g/mol. The molecule has 20 heavy (non-hydrogen) atoms. The first-order chi connectivity index (χ1) is 8.74. The maximum atomic E-state index is 12.7. The Morgan fingerprint density at radius 1 is 1.10 bits per heavy atom. The van der Waals surface area contributed by atoms with Crippen molar-refractivity contribution < 1.29 is 35.9 Å². The van der Waals surface area contributed by atoms with Crippen LogP contribution in [0.15, 0.2) is 0 Å². The Hall–Kier alpha value is -1.48. The third kappa shape index (κ3) is 3.54. The summed E-state index contributed by atoms with van der Waals surface area (Å²) in [7, 11) is 0. The summed E-state index contributed by atoms with van der Waals surface area (Å²) in [5, 5.41) is 1.73. The molecule has 1 rings (SSSR count). The second kappa shape index (κ2) is 4.81. The lowest BCUT2D eigenvalue weighted by Crippen LogP contribution is -2.46. The number of imide groups is 1. The molecule has 1 aliphatic heterocycles. The van der Waals surface area contributed by atoms with E-state index in [2.05, 4.69) is 0 Å². The van der Waals surface area contributed by atoms with Crippen LogP contribution in [-0.4, -0.2) is 41.8 Å². The predicted octanol–water partition coefficient (Wildman–Crippen LogP) is 2.45. The van der Waals surface area contributed by atoms with E-state index in [4.69, 9.17) is 0 Å². The molecule has 0 radical (unpaired) electrons. The highest BCUT2D eigenvalue weighted by Crippen LogP contribution is 2.38. The van der Waals surface area contributed by atoms with Gasteiger partial charge in [0.1, 0.15) is 6.04 Å². The average molecular weight is 306 g/mol. The van der Waals surface area contributed by atoms with Crippen molar-refractivity contribution in [3.05, 3.63) is 0 Å². The van der Waals surface area contributed by atoms with E-state index in [1.54, 1.807) is 5.32 Å². The highest BCUT2D eigenvalue weighted by atomic mass is 19.4. The van der Waals surface area contributed by atoms with Gasteiger partial charge in [0.2, 0.25) is 0 Å². The van der Waals surface area contributed by atoms with Gasteiger partial charge in [0.15, 0.2) is 0 Å². The van der Waals surface area contributed by atoms with E-state index in [0.29, 0.717) is 0 Å². The quantitative estimate of drug-likeness (QED) is 0.643. The Morgan fingerprint density at radius 3 is 2.00 bits per heavy atom. The molecule has 1 heterocycles. The minimum Gasteiger partial charge on any atom is -0.325 e. The summed E-state index contributed by atoms with van der Waals surface area (Å²) in [5.74, 6) is -1.30. The van der Waals surface area contributed by atoms with Crippen molar-refractivity contribution in [2.75, 3.05) is 6.54 Å². The molecule has 10 heteroatoms. The molecule has 116 valence electrons. The highest BCUT2D eigenvalue weighted by Gasteiger charge is 2.52. The summed E-state index contributed by atoms with van der Waals surface area (Å²) in [6.45, 7) is 0.477. The van der Waals surface area contributed by atoms with Crippen LogP contribution in [0, 0.1) is 5.41 Å². The summed E-state index contributed by atoms with van der Waals surface area (Å²) >= 11 is 0. The number of carbonyl (C=O) groups excluding carboxylic acids is 2. The fourth-order valence-corrected chi connectivity index (χ4v) is 1.58. The molecule has 0 aromatic carbocycles. The Labute approximate surface area is 110 Å². The van der Waals surface area contributed by atoms with E-state index in [9.17, 15) is 35.9 Å². The van der Waals surface area contributed by atoms with Gasteiger partial charge >= 0.3 is 18.4 Å². The average Bonchev–Trinajstić information content (AvgIpc) is 2.41. The third-order valence-corrected chi connectivity index (χ3v) is 2.86. The number of amides is 3. The molecule has 1 saturated heterocycles. The zero-order valence-electron chi connectivity index (χ0n) is 10.5. The van der Waals surface area contributed by atoms with Crippen molar-refractivity contribution in [3.63, 3.8) is 0 Å². The Morgan fingerprint density at radius 2 is 1.60 bits per heavy atom. The number of alkyl halides is 6. The fourth-order valence-electron chi connectivity index (χ4n) is 1.58. The number of nitrogens with one attached hydrogen (secondary N) is 1. The number of hydrogen-bond acceptors (Lipinski definition) is 2. The van der Waals surface area contributed by atoms with Crippen LogP contribution >= 0.6 is 0 Å². The molecule has 3 amide bonds. The maximum absolute atomic E-state index is 12.7. The lowest BCUT2D eigenvalue weighted by atomic mass is 9.92. The van der Waals surface area contributed by atoms with Crippen molar-refractivity contribution in [2.45, 2.75) is 38.7 Å². The largest absolute Gasteiger partial charge is 0.395 e. The molecule has 0 saturated carbocycles. The molecule has 1 aliphatic rings. The van der Waals surface area contributed by atoms with Crippen molar-refractivity contribution >= 4 is 11.9 Å². The van der Waals surface area contributed by atoms with Crippen molar-refractivity contribution in [2.24, 2.45) is 5.41 Å². The van der Waals surface area contributed by atoms with Crippen molar-refractivity contribution in [1.29, 1.82) is 0 Å². The van der Waals surface area contributed by atoms with E-state index < -0.39 is 48.7 Å². The number of urea groups is 1. The summed E-state index contributed by atoms with van der Waals surface area (Å²) in [6.07, 6.45) is -11.0. The number of carbonyl (C=O) groups is 2. The van der Waals surface area contributed by atoms with Gasteiger partial charge in [-0.25, -0.2) is 4.79 Å². The van der Waals surface area contributed by atoms with Crippen LogP contribution in [0.2, 0.25) is 0 Å². The first kappa shape index (κ1) is 16.6. The van der Waals surface area contributed by atoms with Crippen LogP contribution in [0.25, 0.3) is 0 Å². The fraction of sp³-hybridized carbons (Fsp3) is 0.800. The van der Waals surface area contributed by atoms with Crippen LogP contribution in [0.3, 0.4) is 0 Å². The number of halogens is 6. The van der Waals surface area contributed by atoms with Gasteiger partial charge in [0.25, 0.3) is 5.91 Å². The molecule has 0 aliphatic carbocycles. The second-order valence-electron chi connectivity index (χ2n) is 5.13. The topological polar surface area (TPSA) is 49.4 Å². The van der Waals surface area contributed by atoms with Gasteiger partial charge in [-0.3, -0.25) is 9.69 Å². The first-order valence-corrected chi connectivity index (χ1v) is 5.50. The molecule has 4 nitrogen and oxygen atoms in total. The number of nitrogens with zero attached hydrogens (tertiary/aromatic N) is 1. The third-order valence-electron chi connectivity index (χ3n) is 2.86. The van der Waals surface area contributed by atoms with E-state index >= 15 is 0 Å². The van der Waals surface area contributed by atoms with Crippen LogP contribution in [0.5, 0.6) is 0 Å². The van der Waals surface area contributed by atoms with Gasteiger partial charge in [-0.1, -0.05) is 0 Å². The molecule has 1 atom stereocenters. The Balaban J connectivity index is 2.84. The standard InChI is InChI=1S/C10H12F6N2O2/c1-8(2,10(14,15)16)4-18-6(19)5(17-7(18)20)3-9(11,12)13/h5H,3-4H2,1-2H3,(H,17,20)/t5-/m0/s1. The lowest BCUT2D eigenvalue weighted by molar-refractivity contribution is -0.214. The zero-order chi connectivity index (χ0) is 15.9. The molecular formula is C10H12F6N2O2. The maximum Gasteiger partial charge on any atom is 0.395 e. The highest BCUT2D eigenvalue weighted by molar-refractivity contribution is 6.04. The van der Waals surface area contributed by atoms with Crippen LogP contribution in [0.1, 0.15) is 20.3 Å². The van der Waals surface area contributed by atoms with Gasteiger partial charge in [-0.2, -0.15) is 26.3 Å². The minimum atomic E-state index is -4.71. The number of rotatable bonds is 3. The molecule has 0 aromatic heterocycles. The molecule has 0 bridgehead atoms. The van der Waals surface area contributed by atoms with Gasteiger partial charge in [-0.05, 0) is 13.8 Å². The molecule has 0 aromatic rings. The van der Waals surface area contributed by atoms with Crippen LogP contribution in [-0.2, 0) is 4.79 Å². The van der Waals surface area contributed by atoms with E-state index in [-0.39, 0.29) is 4.90 Å². The van der Waals surface area contributed by atoms with Gasteiger partial charge in [0, 0.05) is 6.54 Å². The molecule has 1 fully saturated rings.